The lowest BCUT2D eigenvalue weighted by Gasteiger charge is -2.43. The van der Waals surface area contributed by atoms with Crippen LogP contribution < -0.4 is 0 Å². The fourth-order valence-electron chi connectivity index (χ4n) is 5.37. The Balaban J connectivity index is 2.20. The summed E-state index contributed by atoms with van der Waals surface area (Å²) in [4.78, 5) is 0. The highest BCUT2D eigenvalue weighted by Crippen LogP contribution is 2.29. The molecule has 0 amide bonds. The van der Waals surface area contributed by atoms with Crippen molar-refractivity contribution in [2.45, 2.75) is 139 Å². The van der Waals surface area contributed by atoms with Crippen molar-refractivity contribution in [1.29, 1.82) is 0 Å². The second-order valence-electron chi connectivity index (χ2n) is 12.5. The van der Waals surface area contributed by atoms with Crippen LogP contribution in [0, 0.1) is 5.41 Å². The molecule has 0 aromatic carbocycles. The Hall–Kier alpha value is -0.560. The van der Waals surface area contributed by atoms with Crippen molar-refractivity contribution >= 4 is 0 Å². The first-order valence-corrected chi connectivity index (χ1v) is 16.6. The molecule has 2 fully saturated rings. The average Bonchev–Trinajstić information content (AvgIpc) is 3.04. The van der Waals surface area contributed by atoms with E-state index >= 15 is 0 Å². The monoisotopic (exact) mass is 656 g/mol. The first-order valence-electron chi connectivity index (χ1n) is 16.6. The van der Waals surface area contributed by atoms with Crippen molar-refractivity contribution in [2.75, 3.05) is 52.9 Å². The summed E-state index contributed by atoms with van der Waals surface area (Å²) in [6.07, 6.45) is -4.38. The molecule has 8 N–H and O–H groups in total. The SMILES string of the molecule is CCCCCCCOCC(COCCCCCCC)(CO[C@@H]1O[C@H](CO)[C@@H](O)[C@H](O)[C@H]1O)CO[C@@H]1O[C@H](CO)[C@@H](O)[C@H](O)[C@H]1O. The number of ether oxygens (including phenoxy) is 6. The summed E-state index contributed by atoms with van der Waals surface area (Å²) >= 11 is 0. The Morgan fingerprint density at radius 3 is 1.22 bits per heavy atom. The summed E-state index contributed by atoms with van der Waals surface area (Å²) in [7, 11) is 0. The van der Waals surface area contributed by atoms with Gasteiger partial charge in [-0.05, 0) is 12.8 Å². The Morgan fingerprint density at radius 1 is 0.489 bits per heavy atom. The first kappa shape index (κ1) is 40.6. The topological polar surface area (TPSA) is 217 Å². The summed E-state index contributed by atoms with van der Waals surface area (Å²) in [5.74, 6) is 0. The zero-order chi connectivity index (χ0) is 33.2. The van der Waals surface area contributed by atoms with Gasteiger partial charge in [0.2, 0.25) is 0 Å². The van der Waals surface area contributed by atoms with Crippen LogP contribution in [-0.4, -0.2) is 155 Å². The molecule has 2 rings (SSSR count). The molecule has 10 atom stereocenters. The van der Waals surface area contributed by atoms with Gasteiger partial charge in [-0.1, -0.05) is 65.2 Å². The molecule has 0 aromatic rings. The lowest BCUT2D eigenvalue weighted by atomic mass is 9.91. The summed E-state index contributed by atoms with van der Waals surface area (Å²) in [5.41, 5.74) is -1.08. The van der Waals surface area contributed by atoms with Gasteiger partial charge in [0.25, 0.3) is 0 Å². The molecular weight excluding hydrogens is 596 g/mol. The fourth-order valence-corrected chi connectivity index (χ4v) is 5.37. The van der Waals surface area contributed by atoms with E-state index in [0.29, 0.717) is 13.2 Å². The smallest absolute Gasteiger partial charge is 0.186 e. The minimum absolute atomic E-state index is 0.0610. The number of aliphatic hydroxyl groups excluding tert-OH is 8. The van der Waals surface area contributed by atoms with Crippen molar-refractivity contribution in [2.24, 2.45) is 5.41 Å². The van der Waals surface area contributed by atoms with Gasteiger partial charge in [0.1, 0.15) is 48.8 Å². The van der Waals surface area contributed by atoms with Crippen LogP contribution >= 0.6 is 0 Å². The van der Waals surface area contributed by atoms with Crippen LogP contribution in [0.15, 0.2) is 0 Å². The average molecular weight is 657 g/mol. The zero-order valence-corrected chi connectivity index (χ0v) is 27.0. The molecule has 0 unspecified atom stereocenters. The second-order valence-corrected chi connectivity index (χ2v) is 12.5. The van der Waals surface area contributed by atoms with Crippen LogP contribution in [0.1, 0.15) is 78.1 Å². The van der Waals surface area contributed by atoms with Gasteiger partial charge in [-0.25, -0.2) is 0 Å². The minimum atomic E-state index is -1.63. The Bertz CT molecular complexity index is 683. The minimum Gasteiger partial charge on any atom is -0.394 e. The summed E-state index contributed by atoms with van der Waals surface area (Å²) < 4.78 is 35.2. The number of unbranched alkanes of at least 4 members (excludes halogenated alkanes) is 8. The molecule has 0 aliphatic carbocycles. The van der Waals surface area contributed by atoms with E-state index in [1.54, 1.807) is 0 Å². The number of hydrogen-bond donors (Lipinski definition) is 8. The predicted octanol–water partition coefficient (Wildman–Crippen LogP) is -0.420. The van der Waals surface area contributed by atoms with Crippen molar-refractivity contribution < 1.29 is 69.3 Å². The van der Waals surface area contributed by atoms with Crippen molar-refractivity contribution in [3.63, 3.8) is 0 Å². The van der Waals surface area contributed by atoms with Gasteiger partial charge >= 0.3 is 0 Å². The maximum absolute atomic E-state index is 10.6. The third-order valence-electron chi connectivity index (χ3n) is 8.41. The Kier molecular flexibility index (Phi) is 20.0. The molecule has 0 radical (unpaired) electrons. The van der Waals surface area contributed by atoms with Crippen molar-refractivity contribution in [1.82, 2.24) is 0 Å². The van der Waals surface area contributed by atoms with Gasteiger partial charge in [0.05, 0.1) is 45.1 Å². The summed E-state index contributed by atoms with van der Waals surface area (Å²) in [5, 5.41) is 81.2. The van der Waals surface area contributed by atoms with Gasteiger partial charge in [-0.2, -0.15) is 0 Å². The molecule has 14 nitrogen and oxygen atoms in total. The van der Waals surface area contributed by atoms with Gasteiger partial charge in [0.15, 0.2) is 12.6 Å². The molecule has 0 aromatic heterocycles. The summed E-state index contributed by atoms with van der Waals surface area (Å²) in [6, 6.07) is 0. The first-order chi connectivity index (χ1) is 21.6. The molecule has 0 spiro atoms. The summed E-state index contributed by atoms with van der Waals surface area (Å²) in [6.45, 7) is 3.68. The van der Waals surface area contributed by atoms with E-state index in [0.717, 1.165) is 64.2 Å². The lowest BCUT2D eigenvalue weighted by Crippen LogP contribution is -2.60. The number of aliphatic hydroxyl groups is 8. The van der Waals surface area contributed by atoms with Crippen molar-refractivity contribution in [3.8, 4) is 0 Å². The highest BCUT2D eigenvalue weighted by atomic mass is 16.7. The molecule has 2 saturated heterocycles. The molecule has 2 heterocycles. The van der Waals surface area contributed by atoms with E-state index in [-0.39, 0.29) is 26.4 Å². The van der Waals surface area contributed by atoms with Crippen molar-refractivity contribution in [3.05, 3.63) is 0 Å². The van der Waals surface area contributed by atoms with Crippen LogP contribution in [-0.2, 0) is 28.4 Å². The number of rotatable bonds is 24. The van der Waals surface area contributed by atoms with E-state index in [9.17, 15) is 40.9 Å². The third-order valence-corrected chi connectivity index (χ3v) is 8.41. The quantitative estimate of drug-likeness (QED) is 0.0620. The molecular formula is C31H60O14. The fraction of sp³-hybridized carbons (Fsp3) is 1.00. The van der Waals surface area contributed by atoms with E-state index < -0.39 is 80.0 Å². The molecule has 0 bridgehead atoms. The van der Waals surface area contributed by atoms with E-state index in [1.165, 1.54) is 0 Å². The van der Waals surface area contributed by atoms with Gasteiger partial charge in [0, 0.05) is 13.2 Å². The Morgan fingerprint density at radius 2 is 0.867 bits per heavy atom. The molecule has 268 valence electrons. The van der Waals surface area contributed by atoms with Gasteiger partial charge in [-0.15, -0.1) is 0 Å². The van der Waals surface area contributed by atoms with Crippen LogP contribution in [0.3, 0.4) is 0 Å². The molecule has 0 saturated carbocycles. The largest absolute Gasteiger partial charge is 0.394 e. The van der Waals surface area contributed by atoms with E-state index in [4.69, 9.17) is 28.4 Å². The van der Waals surface area contributed by atoms with Crippen LogP contribution in [0.25, 0.3) is 0 Å². The molecule has 45 heavy (non-hydrogen) atoms. The normalized spacial score (nSPS) is 32.7. The standard InChI is InChI=1S/C31H60O14/c1-3-5-7-9-11-13-40-17-31(18-41-14-12-10-8-6-4-2,19-42-29-27(38)25(36)23(34)21(15-32)44-29)20-43-30-28(39)26(37)24(35)22(16-33)45-30/h21-30,32-39H,3-20H2,1-2H3/t21-,22-,23-,24-,25+,26+,27-,28-,29-,30-/m1/s1. The van der Waals surface area contributed by atoms with Crippen LogP contribution in [0.5, 0.6) is 0 Å². The Labute approximate surface area is 267 Å². The maximum Gasteiger partial charge on any atom is 0.186 e. The van der Waals surface area contributed by atoms with Gasteiger partial charge < -0.3 is 69.3 Å². The zero-order valence-electron chi connectivity index (χ0n) is 27.0. The van der Waals surface area contributed by atoms with Gasteiger partial charge in [-0.3, -0.25) is 0 Å². The highest BCUT2D eigenvalue weighted by molar-refractivity contribution is 4.91. The van der Waals surface area contributed by atoms with Crippen LogP contribution in [0.4, 0.5) is 0 Å². The van der Waals surface area contributed by atoms with Crippen LogP contribution in [0.2, 0.25) is 0 Å². The highest BCUT2D eigenvalue weighted by Gasteiger charge is 2.47. The predicted molar refractivity (Wildman–Crippen MR) is 161 cm³/mol. The maximum atomic E-state index is 10.6. The number of hydrogen-bond acceptors (Lipinski definition) is 14. The van der Waals surface area contributed by atoms with E-state index in [2.05, 4.69) is 13.8 Å². The molecule has 14 heteroatoms. The van der Waals surface area contributed by atoms with E-state index in [1.807, 2.05) is 0 Å². The lowest BCUT2D eigenvalue weighted by molar-refractivity contribution is -0.322. The third kappa shape index (κ3) is 13.1. The molecule has 2 aliphatic heterocycles. The molecule has 2 aliphatic rings. The second kappa shape index (κ2) is 22.1.